The predicted octanol–water partition coefficient (Wildman–Crippen LogP) is 3.90. The highest BCUT2D eigenvalue weighted by atomic mass is 79.9. The van der Waals surface area contributed by atoms with E-state index in [1.165, 1.54) is 11.3 Å². The monoisotopic (exact) mass is 404 g/mol. The summed E-state index contributed by atoms with van der Waals surface area (Å²) >= 11 is 4.57. The van der Waals surface area contributed by atoms with Gasteiger partial charge in [-0.1, -0.05) is 12.1 Å². The van der Waals surface area contributed by atoms with Gasteiger partial charge in [0.05, 0.1) is 15.5 Å². The van der Waals surface area contributed by atoms with Gasteiger partial charge in [-0.05, 0) is 47.8 Å². The van der Waals surface area contributed by atoms with Crippen molar-refractivity contribution in [2.75, 3.05) is 6.54 Å². The zero-order chi connectivity index (χ0) is 15.9. The first-order chi connectivity index (χ1) is 10.4. The molecule has 1 saturated heterocycles. The first-order valence-corrected chi connectivity index (χ1v) is 10.2. The highest BCUT2D eigenvalue weighted by molar-refractivity contribution is 9.11. The Hall–Kier alpha value is -0.700. The van der Waals surface area contributed by atoms with Crippen LogP contribution in [-0.4, -0.2) is 24.4 Å². The summed E-state index contributed by atoms with van der Waals surface area (Å²) in [6.07, 6.45) is 2.37. The van der Waals surface area contributed by atoms with Crippen molar-refractivity contribution in [2.24, 2.45) is 0 Å². The van der Waals surface area contributed by atoms with Crippen LogP contribution in [0.5, 0.6) is 0 Å². The predicted molar refractivity (Wildman–Crippen MR) is 88.5 cm³/mol. The van der Waals surface area contributed by atoms with Crippen LogP contribution in [-0.2, 0) is 16.4 Å². The average molecular weight is 405 g/mol. The molecular formula is C14H17BrN2O3S2. The number of aryl methyl sites for hydroxylation is 2. The Morgan fingerprint density at radius 3 is 2.91 bits per heavy atom. The van der Waals surface area contributed by atoms with Crippen LogP contribution in [0.3, 0.4) is 0 Å². The highest BCUT2D eigenvalue weighted by Gasteiger charge is 2.39. The number of rotatable bonds is 4. The van der Waals surface area contributed by atoms with Crippen LogP contribution in [0.25, 0.3) is 0 Å². The molecule has 0 spiro atoms. The molecule has 3 heterocycles. The van der Waals surface area contributed by atoms with Gasteiger partial charge in [0.2, 0.25) is 0 Å². The minimum absolute atomic E-state index is 0.174. The normalized spacial score (nSPS) is 19.9. The molecule has 0 radical (unpaired) electrons. The largest absolute Gasteiger partial charge is 0.361 e. The van der Waals surface area contributed by atoms with Crippen LogP contribution >= 0.6 is 27.3 Å². The van der Waals surface area contributed by atoms with Crippen LogP contribution in [0.1, 0.15) is 42.8 Å². The molecule has 22 heavy (non-hydrogen) atoms. The molecule has 1 fully saturated rings. The van der Waals surface area contributed by atoms with Crippen LogP contribution in [0.15, 0.2) is 24.7 Å². The molecule has 1 aliphatic heterocycles. The third kappa shape index (κ3) is 2.66. The number of sulfonamides is 1. The molecule has 0 aromatic carbocycles. The molecule has 5 nitrogen and oxygen atoms in total. The van der Waals surface area contributed by atoms with Gasteiger partial charge in [0.15, 0.2) is 0 Å². The summed E-state index contributed by atoms with van der Waals surface area (Å²) in [6, 6.07) is 3.25. The third-order valence-electron chi connectivity index (χ3n) is 3.95. The fraction of sp³-hybridized carbons (Fsp3) is 0.500. The minimum Gasteiger partial charge on any atom is -0.361 e. The van der Waals surface area contributed by atoms with E-state index >= 15 is 0 Å². The van der Waals surface area contributed by atoms with Gasteiger partial charge in [-0.3, -0.25) is 0 Å². The van der Waals surface area contributed by atoms with E-state index in [2.05, 4.69) is 21.1 Å². The van der Waals surface area contributed by atoms with Gasteiger partial charge in [-0.15, -0.1) is 11.3 Å². The lowest BCUT2D eigenvalue weighted by Gasteiger charge is -2.23. The Balaban J connectivity index is 2.02. The van der Waals surface area contributed by atoms with E-state index < -0.39 is 10.0 Å². The van der Waals surface area contributed by atoms with Crippen molar-refractivity contribution in [3.8, 4) is 0 Å². The Kier molecular flexibility index (Phi) is 4.46. The minimum atomic E-state index is -3.48. The maximum absolute atomic E-state index is 12.9. The maximum atomic E-state index is 12.9. The average Bonchev–Trinajstić information content (AvgIpc) is 3.17. The Bertz CT molecular complexity index is 782. The van der Waals surface area contributed by atoms with Crippen molar-refractivity contribution in [3.63, 3.8) is 0 Å². The Labute approximate surface area is 142 Å². The Morgan fingerprint density at radius 1 is 1.50 bits per heavy atom. The van der Waals surface area contributed by atoms with Crippen LogP contribution in [0.2, 0.25) is 0 Å². The number of aromatic nitrogens is 1. The van der Waals surface area contributed by atoms with E-state index in [1.54, 1.807) is 16.4 Å². The lowest BCUT2D eigenvalue weighted by Crippen LogP contribution is -2.30. The summed E-state index contributed by atoms with van der Waals surface area (Å²) in [7, 11) is -3.48. The molecule has 0 bridgehead atoms. The molecule has 0 N–H and O–H groups in total. The van der Waals surface area contributed by atoms with Crippen molar-refractivity contribution >= 4 is 37.3 Å². The molecule has 1 atom stereocenters. The molecule has 0 aliphatic carbocycles. The molecule has 1 aliphatic rings. The SMILES string of the molecule is CCc1onc(C)c1[C@H]1CCCN1S(=O)(=O)c1ccc(Br)s1. The van der Waals surface area contributed by atoms with Gasteiger partial charge in [-0.2, -0.15) is 4.31 Å². The number of thiophene rings is 1. The van der Waals surface area contributed by atoms with Crippen LogP contribution in [0, 0.1) is 6.92 Å². The van der Waals surface area contributed by atoms with E-state index in [1.807, 2.05) is 13.8 Å². The number of hydrogen-bond donors (Lipinski definition) is 0. The van der Waals surface area contributed by atoms with Gasteiger partial charge in [0.25, 0.3) is 10.0 Å². The second-order valence-electron chi connectivity index (χ2n) is 5.29. The van der Waals surface area contributed by atoms with Crippen molar-refractivity contribution in [1.29, 1.82) is 0 Å². The standard InChI is InChI=1S/C14H17BrN2O3S2/c1-3-11-14(9(2)16-20-11)10-5-4-8-17(10)22(18,19)13-7-6-12(15)21-13/h6-7,10H,3-5,8H2,1-2H3/t10-/m1/s1. The van der Waals surface area contributed by atoms with E-state index in [-0.39, 0.29) is 6.04 Å². The molecule has 2 aromatic heterocycles. The van der Waals surface area contributed by atoms with Crippen LogP contribution < -0.4 is 0 Å². The number of halogens is 1. The fourth-order valence-corrected chi connectivity index (χ4v) is 6.78. The summed E-state index contributed by atoms with van der Waals surface area (Å²) < 4.78 is 34.0. The first-order valence-electron chi connectivity index (χ1n) is 7.17. The van der Waals surface area contributed by atoms with Crippen LogP contribution in [0.4, 0.5) is 0 Å². The summed E-state index contributed by atoms with van der Waals surface area (Å²) in [6.45, 7) is 4.41. The highest BCUT2D eigenvalue weighted by Crippen LogP contribution is 2.41. The van der Waals surface area contributed by atoms with Gasteiger partial charge in [0.1, 0.15) is 9.97 Å². The maximum Gasteiger partial charge on any atom is 0.253 e. The second kappa shape index (κ2) is 6.07. The quantitative estimate of drug-likeness (QED) is 0.774. The molecular weight excluding hydrogens is 388 g/mol. The zero-order valence-corrected chi connectivity index (χ0v) is 15.6. The van der Waals surface area contributed by atoms with Crippen molar-refractivity contribution in [1.82, 2.24) is 9.46 Å². The Morgan fingerprint density at radius 2 is 2.27 bits per heavy atom. The molecule has 0 saturated carbocycles. The van der Waals surface area contributed by atoms with Gasteiger partial charge in [0, 0.05) is 18.5 Å². The summed E-state index contributed by atoms with van der Waals surface area (Å²) in [5.74, 6) is 0.789. The lowest BCUT2D eigenvalue weighted by molar-refractivity contribution is 0.368. The molecule has 0 unspecified atom stereocenters. The summed E-state index contributed by atoms with van der Waals surface area (Å²) in [5.41, 5.74) is 1.73. The molecule has 3 rings (SSSR count). The number of nitrogens with zero attached hydrogens (tertiary/aromatic N) is 2. The number of hydrogen-bond acceptors (Lipinski definition) is 5. The molecule has 8 heteroatoms. The van der Waals surface area contributed by atoms with Crippen molar-refractivity contribution in [2.45, 2.75) is 43.4 Å². The van der Waals surface area contributed by atoms with Crippen molar-refractivity contribution in [3.05, 3.63) is 32.9 Å². The van der Waals surface area contributed by atoms with E-state index in [0.29, 0.717) is 17.2 Å². The molecule has 0 amide bonds. The van der Waals surface area contributed by atoms with E-state index in [9.17, 15) is 8.42 Å². The summed E-state index contributed by atoms with van der Waals surface area (Å²) in [5, 5.41) is 4.02. The second-order valence-corrected chi connectivity index (χ2v) is 9.87. The van der Waals surface area contributed by atoms with Gasteiger partial charge >= 0.3 is 0 Å². The summed E-state index contributed by atoms with van der Waals surface area (Å²) in [4.78, 5) is 0. The molecule has 120 valence electrons. The van der Waals surface area contributed by atoms with E-state index in [4.69, 9.17) is 4.52 Å². The fourth-order valence-electron chi connectivity index (χ4n) is 2.97. The van der Waals surface area contributed by atoms with E-state index in [0.717, 1.165) is 33.6 Å². The first kappa shape index (κ1) is 16.2. The zero-order valence-electron chi connectivity index (χ0n) is 12.4. The topological polar surface area (TPSA) is 63.4 Å². The van der Waals surface area contributed by atoms with Crippen molar-refractivity contribution < 1.29 is 12.9 Å². The van der Waals surface area contributed by atoms with Gasteiger partial charge < -0.3 is 4.52 Å². The lowest BCUT2D eigenvalue weighted by atomic mass is 10.0. The van der Waals surface area contributed by atoms with Gasteiger partial charge in [-0.25, -0.2) is 8.42 Å². The third-order valence-corrected chi connectivity index (χ3v) is 7.95. The molecule has 2 aromatic rings. The smallest absolute Gasteiger partial charge is 0.253 e.